The zero-order valence-electron chi connectivity index (χ0n) is 15.6. The summed E-state index contributed by atoms with van der Waals surface area (Å²) in [6.45, 7) is 7.17. The van der Waals surface area contributed by atoms with Crippen molar-refractivity contribution in [2.45, 2.75) is 45.1 Å². The number of aryl methyl sites for hydroxylation is 1. The first-order chi connectivity index (χ1) is 12.7. The summed E-state index contributed by atoms with van der Waals surface area (Å²) in [7, 11) is 0. The maximum Gasteiger partial charge on any atom is 0.324 e. The van der Waals surface area contributed by atoms with Crippen LogP contribution in [0.5, 0.6) is 0 Å². The number of hydrogen-bond donors (Lipinski definition) is 0. The molecule has 0 amide bonds. The van der Waals surface area contributed by atoms with Crippen LogP contribution < -0.4 is 4.90 Å². The molecular weight excluding hydrogens is 324 g/mol. The molecule has 2 heterocycles. The van der Waals surface area contributed by atoms with Crippen molar-refractivity contribution < 1.29 is 4.52 Å². The first-order valence-corrected chi connectivity index (χ1v) is 10.1. The van der Waals surface area contributed by atoms with Crippen LogP contribution >= 0.6 is 0 Å². The van der Waals surface area contributed by atoms with Crippen LogP contribution in [-0.4, -0.2) is 41.2 Å². The fourth-order valence-electron chi connectivity index (χ4n) is 5.12. The molecular formula is C21H28N4O. The van der Waals surface area contributed by atoms with E-state index in [4.69, 9.17) is 9.51 Å². The van der Waals surface area contributed by atoms with Crippen LogP contribution in [-0.2, 0) is 6.54 Å². The number of nitrogens with zero attached hydrogens (tertiary/aromatic N) is 4. The fourth-order valence-corrected chi connectivity index (χ4v) is 5.12. The summed E-state index contributed by atoms with van der Waals surface area (Å²) < 4.78 is 5.64. The van der Waals surface area contributed by atoms with Crippen molar-refractivity contribution in [2.75, 3.05) is 31.1 Å². The molecule has 0 radical (unpaired) electrons. The Morgan fingerprint density at radius 1 is 1.04 bits per heavy atom. The van der Waals surface area contributed by atoms with Gasteiger partial charge in [0.05, 0.1) is 0 Å². The summed E-state index contributed by atoms with van der Waals surface area (Å²) in [5.41, 5.74) is 2.71. The standard InChI is InChI=1S/C21H28N4O/c1-15-2-4-16(5-3-15)14-24-8-10-25(11-9-24)21-22-20(23-26-21)19-13-17-6-7-18(19)12-17/h2-5,17-19H,6-14H2,1H3/t17-,18+,19?/m1/s1. The SMILES string of the molecule is Cc1ccc(CN2CCN(c3nc(C4C[C@@H]5CC[C@H]4C5)no3)CC2)cc1. The van der Waals surface area contributed by atoms with Crippen LogP contribution in [0, 0.1) is 18.8 Å². The van der Waals surface area contributed by atoms with E-state index >= 15 is 0 Å². The minimum Gasteiger partial charge on any atom is -0.322 e. The van der Waals surface area contributed by atoms with E-state index in [9.17, 15) is 0 Å². The molecule has 138 valence electrons. The van der Waals surface area contributed by atoms with Gasteiger partial charge in [-0.2, -0.15) is 4.98 Å². The Bertz CT molecular complexity index is 748. The second-order valence-corrected chi connectivity index (χ2v) is 8.47. The molecule has 3 atom stereocenters. The van der Waals surface area contributed by atoms with Crippen molar-refractivity contribution in [3.63, 3.8) is 0 Å². The number of hydrogen-bond acceptors (Lipinski definition) is 5. The Morgan fingerprint density at radius 3 is 2.54 bits per heavy atom. The third kappa shape index (κ3) is 3.13. The summed E-state index contributed by atoms with van der Waals surface area (Å²) in [6, 6.07) is 9.60. The highest BCUT2D eigenvalue weighted by atomic mass is 16.5. The minimum absolute atomic E-state index is 0.550. The Kier molecular flexibility index (Phi) is 4.20. The van der Waals surface area contributed by atoms with Gasteiger partial charge < -0.3 is 9.42 Å². The topological polar surface area (TPSA) is 45.4 Å². The highest BCUT2D eigenvalue weighted by Crippen LogP contribution is 2.52. The summed E-state index contributed by atoms with van der Waals surface area (Å²) >= 11 is 0. The van der Waals surface area contributed by atoms with E-state index < -0.39 is 0 Å². The zero-order valence-corrected chi connectivity index (χ0v) is 15.6. The highest BCUT2D eigenvalue weighted by molar-refractivity contribution is 5.28. The molecule has 1 aliphatic heterocycles. The average Bonchev–Trinajstić information content (AvgIpc) is 3.41. The molecule has 2 aliphatic carbocycles. The van der Waals surface area contributed by atoms with Gasteiger partial charge >= 0.3 is 6.01 Å². The number of fused-ring (bicyclic) bond motifs is 2. The van der Waals surface area contributed by atoms with Gasteiger partial charge in [0.25, 0.3) is 0 Å². The molecule has 0 spiro atoms. The Morgan fingerprint density at radius 2 is 1.85 bits per heavy atom. The molecule has 3 fully saturated rings. The fraction of sp³-hybridized carbons (Fsp3) is 0.619. The lowest BCUT2D eigenvalue weighted by Gasteiger charge is -2.33. The van der Waals surface area contributed by atoms with Crippen molar-refractivity contribution in [3.05, 3.63) is 41.2 Å². The monoisotopic (exact) mass is 352 g/mol. The van der Waals surface area contributed by atoms with E-state index in [1.807, 2.05) is 0 Å². The number of aromatic nitrogens is 2. The molecule has 26 heavy (non-hydrogen) atoms. The van der Waals surface area contributed by atoms with Gasteiger partial charge in [0.1, 0.15) is 0 Å². The lowest BCUT2D eigenvalue weighted by atomic mass is 9.88. The Hall–Kier alpha value is -1.88. The second kappa shape index (κ2) is 6.69. The lowest BCUT2D eigenvalue weighted by Crippen LogP contribution is -2.46. The van der Waals surface area contributed by atoms with E-state index in [-0.39, 0.29) is 0 Å². The lowest BCUT2D eigenvalue weighted by molar-refractivity contribution is 0.242. The molecule has 1 aromatic heterocycles. The number of benzene rings is 1. The normalized spacial score (nSPS) is 28.8. The first-order valence-electron chi connectivity index (χ1n) is 10.1. The van der Waals surface area contributed by atoms with Crippen molar-refractivity contribution in [1.29, 1.82) is 0 Å². The van der Waals surface area contributed by atoms with E-state index in [2.05, 4.69) is 46.1 Å². The minimum atomic E-state index is 0.550. The first kappa shape index (κ1) is 16.3. The predicted octanol–water partition coefficient (Wildman–Crippen LogP) is 3.60. The van der Waals surface area contributed by atoms with Crippen molar-refractivity contribution in [3.8, 4) is 0 Å². The third-order valence-electron chi connectivity index (χ3n) is 6.67. The van der Waals surface area contributed by atoms with E-state index in [1.54, 1.807) is 0 Å². The van der Waals surface area contributed by atoms with Crippen LogP contribution in [0.25, 0.3) is 0 Å². The number of rotatable bonds is 4. The van der Waals surface area contributed by atoms with Crippen LogP contribution in [0.3, 0.4) is 0 Å². The molecule has 5 heteroatoms. The van der Waals surface area contributed by atoms with E-state index in [0.717, 1.165) is 56.4 Å². The van der Waals surface area contributed by atoms with Gasteiger partial charge in [0.2, 0.25) is 0 Å². The van der Waals surface area contributed by atoms with Crippen LogP contribution in [0.4, 0.5) is 6.01 Å². The van der Waals surface area contributed by atoms with Gasteiger partial charge in [-0.1, -0.05) is 41.4 Å². The Balaban J connectivity index is 1.17. The molecule has 2 aromatic rings. The second-order valence-electron chi connectivity index (χ2n) is 8.47. The molecule has 2 saturated carbocycles. The van der Waals surface area contributed by atoms with Gasteiger partial charge in [-0.3, -0.25) is 4.90 Å². The predicted molar refractivity (Wildman–Crippen MR) is 101 cm³/mol. The Labute approximate surface area is 155 Å². The van der Waals surface area contributed by atoms with Gasteiger partial charge in [-0.05, 0) is 43.6 Å². The number of anilines is 1. The molecule has 0 N–H and O–H groups in total. The van der Waals surface area contributed by atoms with Gasteiger partial charge in [0.15, 0.2) is 5.82 Å². The van der Waals surface area contributed by atoms with Gasteiger partial charge in [-0.25, -0.2) is 0 Å². The molecule has 2 bridgehead atoms. The van der Waals surface area contributed by atoms with Crippen LogP contribution in [0.15, 0.2) is 28.8 Å². The molecule has 5 nitrogen and oxygen atoms in total. The molecule has 3 aliphatic rings. The molecule has 1 saturated heterocycles. The van der Waals surface area contributed by atoms with Crippen molar-refractivity contribution in [1.82, 2.24) is 15.0 Å². The molecule has 1 unspecified atom stereocenters. The van der Waals surface area contributed by atoms with E-state index in [1.165, 1.54) is 36.8 Å². The quantitative estimate of drug-likeness (QED) is 0.841. The summed E-state index contributed by atoms with van der Waals surface area (Å²) in [5, 5.41) is 4.35. The third-order valence-corrected chi connectivity index (χ3v) is 6.67. The maximum absolute atomic E-state index is 5.64. The molecule has 1 aromatic carbocycles. The summed E-state index contributed by atoms with van der Waals surface area (Å²) in [6.07, 6.45) is 5.42. The van der Waals surface area contributed by atoms with Crippen LogP contribution in [0.2, 0.25) is 0 Å². The summed E-state index contributed by atoms with van der Waals surface area (Å²) in [5.74, 6) is 3.23. The largest absolute Gasteiger partial charge is 0.324 e. The smallest absolute Gasteiger partial charge is 0.322 e. The van der Waals surface area contributed by atoms with Crippen molar-refractivity contribution >= 4 is 6.01 Å². The average molecular weight is 352 g/mol. The highest BCUT2D eigenvalue weighted by Gasteiger charge is 2.42. The van der Waals surface area contributed by atoms with E-state index in [0.29, 0.717) is 5.92 Å². The number of piperazine rings is 1. The van der Waals surface area contributed by atoms with Crippen LogP contribution in [0.1, 0.15) is 48.6 Å². The van der Waals surface area contributed by atoms with Crippen molar-refractivity contribution in [2.24, 2.45) is 11.8 Å². The zero-order chi connectivity index (χ0) is 17.5. The summed E-state index contributed by atoms with van der Waals surface area (Å²) in [4.78, 5) is 9.55. The maximum atomic E-state index is 5.64. The van der Waals surface area contributed by atoms with Gasteiger partial charge in [-0.15, -0.1) is 0 Å². The van der Waals surface area contributed by atoms with Gasteiger partial charge in [0, 0.05) is 38.6 Å². The molecule has 5 rings (SSSR count).